The molecule has 2 aromatic carbocycles. The minimum Gasteiger partial charge on any atom is -0.366 e. The van der Waals surface area contributed by atoms with E-state index in [0.29, 0.717) is 12.0 Å². The van der Waals surface area contributed by atoms with E-state index in [-0.39, 0.29) is 0 Å². The van der Waals surface area contributed by atoms with Crippen molar-refractivity contribution in [3.8, 4) is 11.3 Å². The Labute approximate surface area is 190 Å². The number of hydrogen-bond acceptors (Lipinski definition) is 4. The summed E-state index contributed by atoms with van der Waals surface area (Å²) in [5.74, 6) is 0.374. The Morgan fingerprint density at radius 2 is 1.94 bits per heavy atom. The van der Waals surface area contributed by atoms with E-state index in [4.69, 9.17) is 10.7 Å². The number of amides is 1. The van der Waals surface area contributed by atoms with E-state index < -0.39 is 5.91 Å². The predicted octanol–water partition coefficient (Wildman–Crippen LogP) is 4.38. The summed E-state index contributed by atoms with van der Waals surface area (Å²) in [5, 5.41) is 9.67. The molecule has 0 fully saturated rings. The van der Waals surface area contributed by atoms with Crippen molar-refractivity contribution in [3.63, 3.8) is 0 Å². The van der Waals surface area contributed by atoms with E-state index in [1.165, 1.54) is 22.9 Å². The molecule has 164 valence electrons. The Bertz CT molecular complexity index is 1540. The van der Waals surface area contributed by atoms with Gasteiger partial charge in [-0.05, 0) is 73.6 Å². The molecule has 0 saturated heterocycles. The molecule has 0 unspecified atom stereocenters. The monoisotopic (exact) mass is 436 g/mol. The lowest BCUT2D eigenvalue weighted by atomic mass is 9.85. The van der Waals surface area contributed by atoms with Crippen LogP contribution in [0.1, 0.15) is 51.4 Å². The molecule has 3 aromatic heterocycles. The van der Waals surface area contributed by atoms with Crippen molar-refractivity contribution < 1.29 is 4.79 Å². The molecule has 0 saturated carbocycles. The highest BCUT2D eigenvalue weighted by atomic mass is 16.1. The summed E-state index contributed by atoms with van der Waals surface area (Å²) in [6, 6.07) is 9.95. The van der Waals surface area contributed by atoms with Gasteiger partial charge >= 0.3 is 0 Å². The molecular weight excluding hydrogens is 412 g/mol. The molecule has 6 rings (SSSR count). The molecule has 0 aliphatic heterocycles. The van der Waals surface area contributed by atoms with Gasteiger partial charge in [-0.15, -0.1) is 0 Å². The van der Waals surface area contributed by atoms with Crippen LogP contribution in [-0.2, 0) is 19.3 Å². The number of aryl methyl sites for hydroxylation is 2. The van der Waals surface area contributed by atoms with Crippen LogP contribution in [0.25, 0.3) is 33.1 Å². The van der Waals surface area contributed by atoms with E-state index in [0.717, 1.165) is 64.0 Å². The Hall–Kier alpha value is -4.00. The molecule has 7 nitrogen and oxygen atoms in total. The molecule has 4 N–H and O–H groups in total. The zero-order valence-corrected chi connectivity index (χ0v) is 18.4. The summed E-state index contributed by atoms with van der Waals surface area (Å²) in [6.45, 7) is 1.94. The number of fused-ring (bicyclic) bond motifs is 5. The lowest BCUT2D eigenvalue weighted by Crippen LogP contribution is -2.14. The van der Waals surface area contributed by atoms with E-state index in [1.54, 1.807) is 0 Å². The first kappa shape index (κ1) is 19.7. The summed E-state index contributed by atoms with van der Waals surface area (Å²) in [5.41, 5.74) is 14.7. The van der Waals surface area contributed by atoms with Gasteiger partial charge in [0, 0.05) is 34.5 Å². The molecule has 0 spiro atoms. The third-order valence-corrected chi connectivity index (χ3v) is 6.65. The number of pyridine rings is 1. The first-order chi connectivity index (χ1) is 16.1. The number of nitrogens with zero attached hydrogens (tertiary/aromatic N) is 3. The van der Waals surface area contributed by atoms with Crippen molar-refractivity contribution in [1.82, 2.24) is 25.1 Å². The van der Waals surface area contributed by atoms with Crippen LogP contribution in [0.5, 0.6) is 0 Å². The fraction of sp³-hybridized carbons (Fsp3) is 0.231. The second-order valence-corrected chi connectivity index (χ2v) is 8.82. The van der Waals surface area contributed by atoms with E-state index in [2.05, 4.69) is 32.3 Å². The summed E-state index contributed by atoms with van der Waals surface area (Å²) < 4.78 is 0. The van der Waals surface area contributed by atoms with Gasteiger partial charge in [0.05, 0.1) is 28.6 Å². The van der Waals surface area contributed by atoms with Gasteiger partial charge in [0.25, 0.3) is 0 Å². The number of nitrogens with one attached hydrogen (secondary N) is 2. The average molecular weight is 437 g/mol. The van der Waals surface area contributed by atoms with E-state index in [1.807, 2.05) is 37.5 Å². The molecule has 0 bridgehead atoms. The first-order valence-corrected chi connectivity index (χ1v) is 11.3. The van der Waals surface area contributed by atoms with Crippen LogP contribution >= 0.6 is 0 Å². The van der Waals surface area contributed by atoms with Gasteiger partial charge in [0.1, 0.15) is 5.82 Å². The summed E-state index contributed by atoms with van der Waals surface area (Å²) >= 11 is 0. The van der Waals surface area contributed by atoms with E-state index >= 15 is 0 Å². The standard InChI is InChI=1S/C26H24N6O/c1-14-12-28-23(30-14)11-16-10-15(6-7-17(16)26(27)33)25-19-5-3-2-4-18(19)24-20-13-29-32-21(20)8-9-22(24)31-25/h6-10,12-13H,2-5,11H2,1H3,(H2,27,33)(H,28,30)(H,29,32). The molecule has 1 aliphatic carbocycles. The number of primary amides is 1. The van der Waals surface area contributed by atoms with Crippen LogP contribution < -0.4 is 5.73 Å². The van der Waals surface area contributed by atoms with Gasteiger partial charge in [-0.3, -0.25) is 9.89 Å². The minimum absolute atomic E-state index is 0.435. The quantitative estimate of drug-likeness (QED) is 0.388. The lowest BCUT2D eigenvalue weighted by Gasteiger charge is -2.22. The maximum absolute atomic E-state index is 12.1. The number of hydrogen-bond donors (Lipinski definition) is 3. The largest absolute Gasteiger partial charge is 0.366 e. The van der Waals surface area contributed by atoms with Crippen LogP contribution in [0.3, 0.4) is 0 Å². The van der Waals surface area contributed by atoms with Gasteiger partial charge in [-0.2, -0.15) is 5.10 Å². The van der Waals surface area contributed by atoms with Crippen molar-refractivity contribution in [2.45, 2.75) is 39.0 Å². The number of imidazole rings is 1. The number of aromatic amines is 2. The number of H-pyrrole nitrogens is 2. The maximum Gasteiger partial charge on any atom is 0.248 e. The van der Waals surface area contributed by atoms with Crippen molar-refractivity contribution in [2.75, 3.05) is 0 Å². The summed E-state index contributed by atoms with van der Waals surface area (Å²) in [6.07, 6.45) is 8.61. The third-order valence-electron chi connectivity index (χ3n) is 6.65. The number of benzene rings is 2. The van der Waals surface area contributed by atoms with Crippen LogP contribution in [0.4, 0.5) is 0 Å². The summed E-state index contributed by atoms with van der Waals surface area (Å²) in [7, 11) is 0. The number of carbonyl (C=O) groups excluding carboxylic acids is 1. The topological polar surface area (TPSA) is 113 Å². The Balaban J connectivity index is 1.56. The smallest absolute Gasteiger partial charge is 0.248 e. The average Bonchev–Trinajstić information content (AvgIpc) is 3.46. The van der Waals surface area contributed by atoms with E-state index in [9.17, 15) is 4.79 Å². The van der Waals surface area contributed by atoms with Gasteiger partial charge in [0.2, 0.25) is 5.91 Å². The SMILES string of the molecule is Cc1c[nH]c(Cc2cc(-c3nc4ccc5[nH]ncc5c4c4c3CCCC4)ccc2C(N)=O)n1. The minimum atomic E-state index is -0.435. The highest BCUT2D eigenvalue weighted by Crippen LogP contribution is 2.38. The second-order valence-electron chi connectivity index (χ2n) is 8.82. The lowest BCUT2D eigenvalue weighted by molar-refractivity contribution is 0.0999. The molecule has 3 heterocycles. The van der Waals surface area contributed by atoms with Crippen LogP contribution in [0.15, 0.2) is 42.7 Å². The van der Waals surface area contributed by atoms with Crippen LogP contribution in [0, 0.1) is 6.92 Å². The normalized spacial score (nSPS) is 13.5. The van der Waals surface area contributed by atoms with Crippen molar-refractivity contribution in [2.24, 2.45) is 5.73 Å². The molecule has 33 heavy (non-hydrogen) atoms. The molecule has 0 radical (unpaired) electrons. The number of nitrogens with two attached hydrogens (primary N) is 1. The zero-order valence-electron chi connectivity index (χ0n) is 18.4. The van der Waals surface area contributed by atoms with Crippen molar-refractivity contribution in [3.05, 3.63) is 76.5 Å². The molecule has 5 aromatic rings. The Kier molecular flexibility index (Phi) is 4.50. The Morgan fingerprint density at radius 3 is 2.73 bits per heavy atom. The molecule has 1 aliphatic rings. The van der Waals surface area contributed by atoms with Gasteiger partial charge < -0.3 is 10.7 Å². The first-order valence-electron chi connectivity index (χ1n) is 11.3. The molecular formula is C26H24N6O. The van der Waals surface area contributed by atoms with Crippen molar-refractivity contribution >= 4 is 27.7 Å². The highest BCUT2D eigenvalue weighted by molar-refractivity contribution is 6.07. The third kappa shape index (κ3) is 3.28. The predicted molar refractivity (Wildman–Crippen MR) is 128 cm³/mol. The number of aromatic nitrogens is 5. The highest BCUT2D eigenvalue weighted by Gasteiger charge is 2.22. The van der Waals surface area contributed by atoms with Crippen molar-refractivity contribution in [1.29, 1.82) is 0 Å². The van der Waals surface area contributed by atoms with Gasteiger partial charge in [0.15, 0.2) is 0 Å². The van der Waals surface area contributed by atoms with Gasteiger partial charge in [-0.1, -0.05) is 6.07 Å². The molecule has 1 amide bonds. The summed E-state index contributed by atoms with van der Waals surface area (Å²) in [4.78, 5) is 25.0. The molecule has 7 heteroatoms. The zero-order chi connectivity index (χ0) is 22.5. The molecule has 0 atom stereocenters. The fourth-order valence-corrected chi connectivity index (χ4v) is 5.15. The second kappa shape index (κ2) is 7.55. The van der Waals surface area contributed by atoms with Crippen LogP contribution in [-0.4, -0.2) is 31.1 Å². The fourth-order valence-electron chi connectivity index (χ4n) is 5.15. The maximum atomic E-state index is 12.1. The van der Waals surface area contributed by atoms with Gasteiger partial charge in [-0.25, -0.2) is 9.97 Å². The number of rotatable bonds is 4. The Morgan fingerprint density at radius 1 is 1.09 bits per heavy atom. The van der Waals surface area contributed by atoms with Crippen LogP contribution in [0.2, 0.25) is 0 Å². The number of carbonyl (C=O) groups is 1.